The van der Waals surface area contributed by atoms with Gasteiger partial charge < -0.3 is 39.5 Å². The number of likely N-dealkylation sites (tertiary alicyclic amines) is 2. The normalized spacial score (nSPS) is 18.3. The highest BCUT2D eigenvalue weighted by atomic mass is 16.6. The van der Waals surface area contributed by atoms with Gasteiger partial charge in [-0.15, -0.1) is 0 Å². The van der Waals surface area contributed by atoms with Gasteiger partial charge in [-0.1, -0.05) is 81.6 Å². The number of hydrogen-bond donors (Lipinski definition) is 4. The molecule has 0 spiro atoms. The predicted octanol–water partition coefficient (Wildman–Crippen LogP) is 10.2. The first-order valence-electron chi connectivity index (χ1n) is 24.2. The number of carbonyl (C=O) groups is 5. The number of carboxylic acid groups (broad SMARTS) is 1. The van der Waals surface area contributed by atoms with Crippen LogP contribution in [-0.2, 0) is 28.6 Å². The number of benzene rings is 3. The Labute approximate surface area is 403 Å². The third-order valence-electron chi connectivity index (χ3n) is 13.5. The Morgan fingerprint density at radius 1 is 0.710 bits per heavy atom. The molecule has 4 atom stereocenters. The van der Waals surface area contributed by atoms with E-state index in [0.29, 0.717) is 13.1 Å². The van der Waals surface area contributed by atoms with E-state index in [1.54, 1.807) is 4.90 Å². The summed E-state index contributed by atoms with van der Waals surface area (Å²) in [6.45, 7) is 10.7. The van der Waals surface area contributed by atoms with Crippen LogP contribution in [0.4, 0.5) is 9.59 Å². The average Bonchev–Trinajstić information content (AvgIpc) is 4.19. The number of fused-ring (bicyclic) bond motifs is 1. The van der Waals surface area contributed by atoms with Gasteiger partial charge in [0.15, 0.2) is 0 Å². The van der Waals surface area contributed by atoms with Gasteiger partial charge in [0.1, 0.15) is 23.3 Å². The SMILES string of the molecule is COC(=O)C[C@H](C(=O)O)C1CCCCC1.COC(=O)N[C@H](C(=O)N1CCC[C@H]1c1ncc(-c2ccc3cc(-c4ccc(-c5cnc([C@@H]6CCCN6C(=O)OC(C)(C)C)[nH]5)cc4)ccc3c2)[nH]1)C(C)C. The molecule has 4 N–H and O–H groups in total. The zero-order chi connectivity index (χ0) is 49.4. The van der Waals surface area contributed by atoms with Crippen molar-refractivity contribution in [2.45, 2.75) is 123 Å². The minimum atomic E-state index is -0.868. The fourth-order valence-electron chi connectivity index (χ4n) is 9.78. The number of carboxylic acids is 1. The van der Waals surface area contributed by atoms with E-state index in [1.807, 2.05) is 51.9 Å². The third-order valence-corrected chi connectivity index (χ3v) is 13.5. The molecular weight excluding hydrogens is 879 g/mol. The van der Waals surface area contributed by atoms with Crippen molar-refractivity contribution < 1.29 is 43.3 Å². The summed E-state index contributed by atoms with van der Waals surface area (Å²) in [5, 5.41) is 14.0. The number of ether oxygens (including phenoxy) is 3. The smallest absolute Gasteiger partial charge is 0.410 e. The average molecular weight is 946 g/mol. The quantitative estimate of drug-likeness (QED) is 0.0683. The minimum Gasteiger partial charge on any atom is -0.481 e. The van der Waals surface area contributed by atoms with E-state index in [1.165, 1.54) is 20.6 Å². The fraction of sp³-hybridized carbons (Fsp3) is 0.491. The Balaban J connectivity index is 0.000000401. The van der Waals surface area contributed by atoms with Gasteiger partial charge in [-0.25, -0.2) is 19.6 Å². The number of methoxy groups -OCH3 is 2. The van der Waals surface area contributed by atoms with E-state index in [-0.39, 0.29) is 42.3 Å². The van der Waals surface area contributed by atoms with Gasteiger partial charge in [0.2, 0.25) is 5.91 Å². The van der Waals surface area contributed by atoms with E-state index >= 15 is 0 Å². The summed E-state index contributed by atoms with van der Waals surface area (Å²) in [5.74, 6) is -0.412. The lowest BCUT2D eigenvalue weighted by atomic mass is 9.78. The van der Waals surface area contributed by atoms with Crippen LogP contribution in [-0.4, -0.2) is 104 Å². The highest BCUT2D eigenvalue weighted by Crippen LogP contribution is 2.36. The minimum absolute atomic E-state index is 0.0104. The summed E-state index contributed by atoms with van der Waals surface area (Å²) in [7, 11) is 2.59. The molecule has 16 nitrogen and oxygen atoms in total. The molecule has 2 aromatic heterocycles. The van der Waals surface area contributed by atoms with E-state index < -0.39 is 35.6 Å². The number of nitrogens with zero attached hydrogens (tertiary/aromatic N) is 4. The van der Waals surface area contributed by atoms with Crippen molar-refractivity contribution in [3.05, 3.63) is 84.7 Å². The number of aromatic nitrogens is 4. The lowest BCUT2D eigenvalue weighted by Crippen LogP contribution is -2.51. The number of hydrogen-bond acceptors (Lipinski definition) is 10. The molecule has 0 bridgehead atoms. The van der Waals surface area contributed by atoms with Crippen molar-refractivity contribution in [1.29, 1.82) is 0 Å². The second kappa shape index (κ2) is 22.1. The number of carbonyl (C=O) groups excluding carboxylic acids is 4. The van der Waals surface area contributed by atoms with Gasteiger partial charge in [-0.3, -0.25) is 19.3 Å². The van der Waals surface area contributed by atoms with Gasteiger partial charge >= 0.3 is 24.1 Å². The lowest BCUT2D eigenvalue weighted by Gasteiger charge is -2.30. The molecular formula is C53H67N7O9. The van der Waals surface area contributed by atoms with Crippen LogP contribution >= 0.6 is 0 Å². The first-order valence-corrected chi connectivity index (χ1v) is 24.2. The summed E-state index contributed by atoms with van der Waals surface area (Å²) in [6.07, 6.45) is 11.3. The van der Waals surface area contributed by atoms with Crippen molar-refractivity contribution in [3.63, 3.8) is 0 Å². The fourth-order valence-corrected chi connectivity index (χ4v) is 9.78. The van der Waals surface area contributed by atoms with Crippen molar-refractivity contribution in [1.82, 2.24) is 35.1 Å². The van der Waals surface area contributed by atoms with Crippen molar-refractivity contribution in [2.75, 3.05) is 27.3 Å². The Morgan fingerprint density at radius 2 is 1.25 bits per heavy atom. The summed E-state index contributed by atoms with van der Waals surface area (Å²) < 4.78 is 14.9. The number of alkyl carbamates (subject to hydrolysis) is 1. The molecule has 4 heterocycles. The highest BCUT2D eigenvalue weighted by molar-refractivity contribution is 5.91. The van der Waals surface area contributed by atoms with Gasteiger partial charge in [-0.05, 0) is 111 Å². The topological polar surface area (TPSA) is 209 Å². The number of nitrogens with one attached hydrogen (secondary N) is 3. The van der Waals surface area contributed by atoms with Crippen LogP contribution in [0, 0.1) is 17.8 Å². The Bertz CT molecular complexity index is 2590. The molecule has 3 aromatic carbocycles. The van der Waals surface area contributed by atoms with Gasteiger partial charge in [0.05, 0.1) is 62.4 Å². The molecule has 3 amide bonds. The summed E-state index contributed by atoms with van der Waals surface area (Å²) in [5.41, 5.74) is 5.48. The highest BCUT2D eigenvalue weighted by Gasteiger charge is 2.38. The molecule has 2 aliphatic heterocycles. The van der Waals surface area contributed by atoms with Gasteiger partial charge in [0, 0.05) is 18.7 Å². The number of aromatic amines is 2. The molecule has 368 valence electrons. The molecule has 3 fully saturated rings. The van der Waals surface area contributed by atoms with Crippen LogP contribution < -0.4 is 5.32 Å². The number of aliphatic carboxylic acids is 1. The van der Waals surface area contributed by atoms with Crippen LogP contribution in [0.25, 0.3) is 44.4 Å². The zero-order valence-corrected chi connectivity index (χ0v) is 40.9. The summed E-state index contributed by atoms with van der Waals surface area (Å²) >= 11 is 0. The van der Waals surface area contributed by atoms with E-state index in [4.69, 9.17) is 19.6 Å². The molecule has 0 radical (unpaired) electrons. The number of imidazole rings is 2. The van der Waals surface area contributed by atoms with Gasteiger partial charge in [-0.2, -0.15) is 0 Å². The standard InChI is InChI=1S/C42H49N7O5.C11H18O4/c1-25(2)36(47-40(51)53-6)39(50)48-19-7-9-34(48)37-44-24-33(46-37)31-18-17-29-21-28(15-16-30(29)22-31)26-11-13-27(14-12-26)32-23-43-38(45-32)35-10-8-20-49(35)41(52)54-42(3,4)5;1-15-10(12)7-9(11(13)14)8-5-3-2-4-6-8/h11-18,21-25,34-36H,7-10,19-20H2,1-6H3,(H,43,45)(H,44,46)(H,47,51);8-9H,2-7H2,1H3,(H,13,14)/t34-,35-,36-;9-/m00/s1. The Hall–Kier alpha value is -6.71. The third kappa shape index (κ3) is 12.3. The number of rotatable bonds is 12. The van der Waals surface area contributed by atoms with E-state index in [9.17, 15) is 24.0 Å². The van der Waals surface area contributed by atoms with E-state index in [0.717, 1.165) is 107 Å². The maximum atomic E-state index is 13.6. The molecule has 1 saturated carbocycles. The first-order chi connectivity index (χ1) is 33.0. The van der Waals surface area contributed by atoms with Crippen LogP contribution in [0.3, 0.4) is 0 Å². The van der Waals surface area contributed by atoms with Crippen molar-refractivity contribution >= 4 is 40.8 Å². The van der Waals surface area contributed by atoms with Gasteiger partial charge in [0.25, 0.3) is 0 Å². The second-order valence-electron chi connectivity index (χ2n) is 19.7. The van der Waals surface area contributed by atoms with Crippen LogP contribution in [0.2, 0.25) is 0 Å². The summed E-state index contributed by atoms with van der Waals surface area (Å²) in [4.78, 5) is 80.4. The molecule has 2 saturated heterocycles. The molecule has 0 unspecified atom stereocenters. The Morgan fingerprint density at radius 3 is 1.81 bits per heavy atom. The van der Waals surface area contributed by atoms with Crippen molar-refractivity contribution in [3.8, 4) is 33.6 Å². The molecule has 5 aromatic rings. The monoisotopic (exact) mass is 946 g/mol. The van der Waals surface area contributed by atoms with Crippen LogP contribution in [0.15, 0.2) is 73.1 Å². The van der Waals surface area contributed by atoms with Crippen LogP contribution in [0.1, 0.15) is 123 Å². The molecule has 3 aliphatic rings. The summed E-state index contributed by atoms with van der Waals surface area (Å²) in [6, 6.07) is 20.2. The lowest BCUT2D eigenvalue weighted by molar-refractivity contribution is -0.152. The number of esters is 1. The number of H-pyrrole nitrogens is 2. The molecule has 1 aliphatic carbocycles. The molecule has 16 heteroatoms. The first kappa shape index (κ1) is 50.2. The zero-order valence-electron chi connectivity index (χ0n) is 40.9. The second-order valence-corrected chi connectivity index (χ2v) is 19.7. The molecule has 69 heavy (non-hydrogen) atoms. The molecule has 8 rings (SSSR count). The Kier molecular flexibility index (Phi) is 16.1. The maximum absolute atomic E-state index is 13.6. The van der Waals surface area contributed by atoms with Crippen LogP contribution in [0.5, 0.6) is 0 Å². The van der Waals surface area contributed by atoms with Crippen molar-refractivity contribution in [2.24, 2.45) is 17.8 Å². The number of amides is 3. The predicted molar refractivity (Wildman–Crippen MR) is 262 cm³/mol. The maximum Gasteiger partial charge on any atom is 0.410 e. The van der Waals surface area contributed by atoms with E-state index in [2.05, 4.69) is 85.7 Å². The largest absolute Gasteiger partial charge is 0.481 e.